The molecule has 1 saturated carbocycles. The summed E-state index contributed by atoms with van der Waals surface area (Å²) < 4.78 is 0. The lowest BCUT2D eigenvalue weighted by molar-refractivity contribution is 0.407. The van der Waals surface area contributed by atoms with Crippen molar-refractivity contribution in [1.29, 1.82) is 5.26 Å². The van der Waals surface area contributed by atoms with Crippen LogP contribution < -0.4 is 0 Å². The lowest BCUT2D eigenvalue weighted by Crippen LogP contribution is -2.33. The van der Waals surface area contributed by atoms with E-state index in [4.69, 9.17) is 0 Å². The van der Waals surface area contributed by atoms with Crippen LogP contribution in [0.2, 0.25) is 0 Å². The number of carbonyl (C=O) groups excluding carboxylic acids is 1. The lowest BCUT2D eigenvalue weighted by atomic mass is 9.66. The van der Waals surface area contributed by atoms with E-state index in [0.717, 1.165) is 29.5 Å². The van der Waals surface area contributed by atoms with Gasteiger partial charge < -0.3 is 0 Å². The average molecular weight is 287 g/mol. The Balaban J connectivity index is 2.18. The number of allylic oxidation sites excluding steroid dienone is 1. The van der Waals surface area contributed by atoms with Gasteiger partial charge in [-0.15, -0.1) is 0 Å². The monoisotopic (exact) mass is 287 g/mol. The smallest absolute Gasteiger partial charge is 0.123 e. The van der Waals surface area contributed by atoms with Crippen molar-refractivity contribution in [3.8, 4) is 6.07 Å². The first-order valence-electron chi connectivity index (χ1n) is 7.56. The molecule has 2 heteroatoms. The van der Waals surface area contributed by atoms with Gasteiger partial charge in [-0.25, -0.2) is 4.79 Å². The zero-order valence-electron chi connectivity index (χ0n) is 12.3. The van der Waals surface area contributed by atoms with Gasteiger partial charge in [0.1, 0.15) is 11.4 Å². The first kappa shape index (κ1) is 14.3. The average Bonchev–Trinajstić information content (AvgIpc) is 3.08. The molecule has 0 heterocycles. The second kappa shape index (κ2) is 6.02. The third kappa shape index (κ3) is 2.26. The zero-order chi connectivity index (χ0) is 15.4. The third-order valence-electron chi connectivity index (χ3n) is 4.68. The number of nitrogens with zero attached hydrogens (tertiary/aromatic N) is 1. The molecular formula is C20H17NO. The van der Waals surface area contributed by atoms with Crippen molar-refractivity contribution in [2.24, 2.45) is 5.92 Å². The van der Waals surface area contributed by atoms with Crippen LogP contribution in [0.1, 0.15) is 30.4 Å². The quantitative estimate of drug-likeness (QED) is 0.799. The molecule has 1 aliphatic carbocycles. The van der Waals surface area contributed by atoms with Gasteiger partial charge in [0.05, 0.1) is 6.07 Å². The first-order valence-corrected chi connectivity index (χ1v) is 7.56. The number of nitriles is 1. The van der Waals surface area contributed by atoms with Crippen molar-refractivity contribution >= 4 is 5.94 Å². The second-order valence-electron chi connectivity index (χ2n) is 5.80. The summed E-state index contributed by atoms with van der Waals surface area (Å²) in [5.74, 6) is 2.16. The summed E-state index contributed by atoms with van der Waals surface area (Å²) in [4.78, 5) is 11.0. The van der Waals surface area contributed by atoms with Gasteiger partial charge in [-0.2, -0.15) is 5.26 Å². The molecule has 0 radical (unpaired) electrons. The van der Waals surface area contributed by atoms with Crippen LogP contribution in [0.5, 0.6) is 0 Å². The summed E-state index contributed by atoms with van der Waals surface area (Å²) in [7, 11) is 0. The van der Waals surface area contributed by atoms with E-state index in [1.165, 1.54) is 0 Å². The molecule has 108 valence electrons. The molecule has 2 nitrogen and oxygen atoms in total. The minimum Gasteiger partial charge on any atom is -0.234 e. The van der Waals surface area contributed by atoms with E-state index in [-0.39, 0.29) is 5.92 Å². The molecule has 1 fully saturated rings. The molecule has 0 N–H and O–H groups in total. The van der Waals surface area contributed by atoms with Crippen LogP contribution in [-0.2, 0) is 10.2 Å². The van der Waals surface area contributed by atoms with E-state index in [1.807, 2.05) is 60.7 Å². The maximum atomic E-state index is 11.0. The fraction of sp³-hybridized carbons (Fsp3) is 0.250. The zero-order valence-corrected chi connectivity index (χ0v) is 12.3. The molecule has 0 amide bonds. The standard InChI is InChI=1S/C20H17NO/c21-15-20(17-7-3-1-4-8-17,18-9-5-2-6-10-18)19-12-11-16(13-19)14-22/h1-10,19H,11-13H2. The van der Waals surface area contributed by atoms with E-state index < -0.39 is 5.41 Å². The van der Waals surface area contributed by atoms with Crippen LogP contribution in [-0.4, -0.2) is 5.94 Å². The highest BCUT2D eigenvalue weighted by Crippen LogP contribution is 2.47. The largest absolute Gasteiger partial charge is 0.234 e. The summed E-state index contributed by atoms with van der Waals surface area (Å²) in [6, 6.07) is 22.4. The number of rotatable bonds is 3. The number of hydrogen-bond donors (Lipinski definition) is 0. The second-order valence-corrected chi connectivity index (χ2v) is 5.80. The molecule has 1 aliphatic rings. The molecular weight excluding hydrogens is 270 g/mol. The molecule has 3 rings (SSSR count). The Morgan fingerprint density at radius 2 is 1.50 bits per heavy atom. The van der Waals surface area contributed by atoms with E-state index in [1.54, 1.807) is 0 Å². The molecule has 0 aliphatic heterocycles. The molecule has 2 aromatic carbocycles. The van der Waals surface area contributed by atoms with E-state index in [0.29, 0.717) is 6.42 Å². The van der Waals surface area contributed by atoms with E-state index in [9.17, 15) is 10.1 Å². The van der Waals surface area contributed by atoms with E-state index in [2.05, 4.69) is 12.0 Å². The van der Waals surface area contributed by atoms with Gasteiger partial charge in [-0.3, -0.25) is 0 Å². The predicted molar refractivity (Wildman–Crippen MR) is 85.8 cm³/mol. The fourth-order valence-electron chi connectivity index (χ4n) is 3.57. The summed E-state index contributed by atoms with van der Waals surface area (Å²) in [6.45, 7) is 0. The number of benzene rings is 2. The van der Waals surface area contributed by atoms with Crippen molar-refractivity contribution in [2.75, 3.05) is 0 Å². The van der Waals surface area contributed by atoms with Crippen molar-refractivity contribution < 1.29 is 4.79 Å². The fourth-order valence-corrected chi connectivity index (χ4v) is 3.57. The molecule has 0 saturated heterocycles. The third-order valence-corrected chi connectivity index (χ3v) is 4.68. The normalized spacial score (nSPS) is 17.8. The van der Waals surface area contributed by atoms with Crippen LogP contribution in [0.3, 0.4) is 0 Å². The molecule has 2 aromatic rings. The SMILES string of the molecule is N#CC(c1ccccc1)(c1ccccc1)C1CCC(=C=O)C1. The summed E-state index contributed by atoms with van der Waals surface area (Å²) in [6.07, 6.45) is 2.25. The highest BCUT2D eigenvalue weighted by Gasteiger charge is 2.44. The van der Waals surface area contributed by atoms with Gasteiger partial charge in [-0.1, -0.05) is 60.7 Å². The lowest BCUT2D eigenvalue weighted by Gasteiger charge is -2.33. The summed E-state index contributed by atoms with van der Waals surface area (Å²) in [5, 5.41) is 10.1. The van der Waals surface area contributed by atoms with Crippen LogP contribution >= 0.6 is 0 Å². The Labute approximate surface area is 130 Å². The minimum absolute atomic E-state index is 0.110. The van der Waals surface area contributed by atoms with Gasteiger partial charge in [0.25, 0.3) is 0 Å². The Hall–Kier alpha value is -2.62. The van der Waals surface area contributed by atoms with Crippen molar-refractivity contribution in [3.05, 3.63) is 77.4 Å². The Morgan fingerprint density at radius 1 is 0.955 bits per heavy atom. The molecule has 0 bridgehead atoms. The predicted octanol–water partition coefficient (Wildman–Crippen LogP) is 4.05. The Bertz CT molecular complexity index is 697. The molecule has 22 heavy (non-hydrogen) atoms. The Morgan fingerprint density at radius 3 is 1.91 bits per heavy atom. The van der Waals surface area contributed by atoms with Gasteiger partial charge in [0, 0.05) is 5.57 Å². The highest BCUT2D eigenvalue weighted by molar-refractivity contribution is 5.55. The highest BCUT2D eigenvalue weighted by atomic mass is 16.1. The molecule has 0 aromatic heterocycles. The van der Waals surface area contributed by atoms with Gasteiger partial charge >= 0.3 is 0 Å². The van der Waals surface area contributed by atoms with Crippen molar-refractivity contribution in [3.63, 3.8) is 0 Å². The molecule has 1 unspecified atom stereocenters. The summed E-state index contributed by atoms with van der Waals surface area (Å²) >= 11 is 0. The van der Waals surface area contributed by atoms with Crippen LogP contribution in [0.15, 0.2) is 66.2 Å². The molecule has 1 atom stereocenters. The number of hydrogen-bond acceptors (Lipinski definition) is 2. The topological polar surface area (TPSA) is 40.9 Å². The summed E-state index contributed by atoms with van der Waals surface area (Å²) in [5.41, 5.74) is 2.10. The van der Waals surface area contributed by atoms with Crippen molar-refractivity contribution in [2.45, 2.75) is 24.7 Å². The minimum atomic E-state index is -0.707. The maximum Gasteiger partial charge on any atom is 0.123 e. The van der Waals surface area contributed by atoms with Gasteiger partial charge in [-0.05, 0) is 36.3 Å². The van der Waals surface area contributed by atoms with Crippen LogP contribution in [0, 0.1) is 17.2 Å². The Kier molecular flexibility index (Phi) is 3.92. The first-order chi connectivity index (χ1) is 10.8. The van der Waals surface area contributed by atoms with Gasteiger partial charge in [0.2, 0.25) is 0 Å². The van der Waals surface area contributed by atoms with Crippen LogP contribution in [0.4, 0.5) is 0 Å². The van der Waals surface area contributed by atoms with Gasteiger partial charge in [0.15, 0.2) is 0 Å². The maximum absolute atomic E-state index is 11.0. The molecule has 0 spiro atoms. The van der Waals surface area contributed by atoms with E-state index >= 15 is 0 Å². The van der Waals surface area contributed by atoms with Crippen molar-refractivity contribution in [1.82, 2.24) is 0 Å². The van der Waals surface area contributed by atoms with Crippen LogP contribution in [0.25, 0.3) is 0 Å².